The summed E-state index contributed by atoms with van der Waals surface area (Å²) in [7, 11) is 3.76. The number of nitrogens with one attached hydrogen (secondary N) is 2. The van der Waals surface area contributed by atoms with Gasteiger partial charge in [0, 0.05) is 51.7 Å². The fraction of sp³-hybridized carbons (Fsp3) is 0.733. The predicted molar refractivity (Wildman–Crippen MR) is 86.6 cm³/mol. The van der Waals surface area contributed by atoms with Gasteiger partial charge in [-0.3, -0.25) is 9.67 Å². The fourth-order valence-corrected chi connectivity index (χ4v) is 2.15. The van der Waals surface area contributed by atoms with Crippen molar-refractivity contribution in [2.45, 2.75) is 40.2 Å². The topological polar surface area (TPSA) is 63.5 Å². The van der Waals surface area contributed by atoms with Gasteiger partial charge in [0.2, 0.25) is 0 Å². The summed E-state index contributed by atoms with van der Waals surface area (Å²) in [6, 6.07) is 0. The minimum atomic E-state index is 0.740. The number of unbranched alkanes of at least 4 members (excludes halogenated alkanes) is 1. The normalized spacial score (nSPS) is 11.8. The molecule has 0 unspecified atom stereocenters. The van der Waals surface area contributed by atoms with E-state index in [2.05, 4.69) is 27.6 Å². The van der Waals surface area contributed by atoms with Crippen LogP contribution in [0.25, 0.3) is 0 Å². The molecule has 21 heavy (non-hydrogen) atoms. The molecule has 0 aliphatic heterocycles. The quantitative estimate of drug-likeness (QED) is 0.433. The number of hydrogen-bond donors (Lipinski definition) is 2. The maximum atomic E-state index is 5.32. The molecular weight excluding hydrogens is 266 g/mol. The summed E-state index contributed by atoms with van der Waals surface area (Å²) in [6.07, 6.45) is 2.14. The number of guanidine groups is 1. The Kier molecular flexibility index (Phi) is 7.82. The van der Waals surface area contributed by atoms with Crippen LogP contribution in [0.2, 0.25) is 0 Å². The Hall–Kier alpha value is -1.56. The van der Waals surface area contributed by atoms with Crippen LogP contribution in [-0.2, 0) is 18.3 Å². The van der Waals surface area contributed by atoms with Crippen LogP contribution in [0.3, 0.4) is 0 Å². The molecule has 0 amide bonds. The lowest BCUT2D eigenvalue weighted by molar-refractivity contribution is 0.143. The predicted octanol–water partition coefficient (Wildman–Crippen LogP) is 1.52. The van der Waals surface area contributed by atoms with Gasteiger partial charge in [0.15, 0.2) is 5.96 Å². The van der Waals surface area contributed by atoms with Gasteiger partial charge in [-0.1, -0.05) is 0 Å². The lowest BCUT2D eigenvalue weighted by Crippen LogP contribution is -2.37. The van der Waals surface area contributed by atoms with Gasteiger partial charge in [-0.25, -0.2) is 0 Å². The molecule has 1 aromatic heterocycles. The van der Waals surface area contributed by atoms with Crippen molar-refractivity contribution in [2.24, 2.45) is 12.0 Å². The number of aliphatic imine (C=N–C) groups is 1. The standard InChI is InChI=1S/C15H29N5O/c1-6-21-10-8-7-9-17-15(16-4)18-11-14-12(2)19-20(5)13(14)3/h6-11H2,1-5H3,(H2,16,17,18). The maximum Gasteiger partial charge on any atom is 0.191 e. The molecule has 0 atom stereocenters. The van der Waals surface area contributed by atoms with Crippen LogP contribution in [0.15, 0.2) is 4.99 Å². The number of ether oxygens (including phenoxy) is 1. The van der Waals surface area contributed by atoms with Crippen LogP contribution in [0.4, 0.5) is 0 Å². The Morgan fingerprint density at radius 2 is 2.05 bits per heavy atom. The van der Waals surface area contributed by atoms with E-state index >= 15 is 0 Å². The molecular formula is C15H29N5O. The lowest BCUT2D eigenvalue weighted by atomic mass is 10.2. The van der Waals surface area contributed by atoms with E-state index in [0.29, 0.717) is 0 Å². The molecule has 1 aromatic rings. The zero-order valence-corrected chi connectivity index (χ0v) is 14.0. The second-order valence-electron chi connectivity index (χ2n) is 5.03. The van der Waals surface area contributed by atoms with E-state index in [4.69, 9.17) is 4.74 Å². The van der Waals surface area contributed by atoms with Gasteiger partial charge in [-0.15, -0.1) is 0 Å². The average molecular weight is 295 g/mol. The monoisotopic (exact) mass is 295 g/mol. The van der Waals surface area contributed by atoms with Gasteiger partial charge in [0.1, 0.15) is 0 Å². The minimum Gasteiger partial charge on any atom is -0.382 e. The summed E-state index contributed by atoms with van der Waals surface area (Å²) in [4.78, 5) is 4.24. The molecule has 0 aromatic carbocycles. The van der Waals surface area contributed by atoms with E-state index in [0.717, 1.165) is 50.8 Å². The number of rotatable bonds is 8. The van der Waals surface area contributed by atoms with Crippen molar-refractivity contribution >= 4 is 5.96 Å². The Balaban J connectivity index is 2.31. The van der Waals surface area contributed by atoms with E-state index < -0.39 is 0 Å². The average Bonchev–Trinajstić information content (AvgIpc) is 2.71. The van der Waals surface area contributed by atoms with Crippen LogP contribution in [0.1, 0.15) is 36.7 Å². The molecule has 6 heteroatoms. The van der Waals surface area contributed by atoms with Gasteiger partial charge in [-0.05, 0) is 33.6 Å². The van der Waals surface area contributed by atoms with Gasteiger partial charge in [-0.2, -0.15) is 5.10 Å². The molecule has 0 fully saturated rings. The van der Waals surface area contributed by atoms with Gasteiger partial charge < -0.3 is 15.4 Å². The van der Waals surface area contributed by atoms with Crippen LogP contribution >= 0.6 is 0 Å². The summed E-state index contributed by atoms with van der Waals surface area (Å²) >= 11 is 0. The molecule has 0 saturated heterocycles. The molecule has 120 valence electrons. The summed E-state index contributed by atoms with van der Waals surface area (Å²) in [5, 5.41) is 11.1. The van der Waals surface area contributed by atoms with Crippen LogP contribution in [-0.4, -0.2) is 42.5 Å². The Labute approximate surface area is 128 Å². The molecule has 6 nitrogen and oxygen atoms in total. The van der Waals surface area contributed by atoms with Crippen molar-refractivity contribution in [1.29, 1.82) is 0 Å². The molecule has 2 N–H and O–H groups in total. The Bertz CT molecular complexity index is 453. The van der Waals surface area contributed by atoms with Crippen molar-refractivity contribution in [1.82, 2.24) is 20.4 Å². The highest BCUT2D eigenvalue weighted by atomic mass is 16.5. The highest BCUT2D eigenvalue weighted by molar-refractivity contribution is 5.79. The van der Waals surface area contributed by atoms with Gasteiger partial charge in [0.25, 0.3) is 0 Å². The molecule has 1 rings (SSSR count). The molecule has 0 bridgehead atoms. The van der Waals surface area contributed by atoms with E-state index in [9.17, 15) is 0 Å². The molecule has 0 aliphatic carbocycles. The maximum absolute atomic E-state index is 5.32. The smallest absolute Gasteiger partial charge is 0.191 e. The third kappa shape index (κ3) is 5.75. The van der Waals surface area contributed by atoms with E-state index in [1.807, 2.05) is 25.6 Å². The summed E-state index contributed by atoms with van der Waals surface area (Å²) in [6.45, 7) is 9.40. The molecule has 0 aliphatic rings. The van der Waals surface area contributed by atoms with Crippen molar-refractivity contribution < 1.29 is 4.74 Å². The summed E-state index contributed by atoms with van der Waals surface area (Å²) < 4.78 is 7.23. The second kappa shape index (κ2) is 9.39. The first-order valence-corrected chi connectivity index (χ1v) is 7.61. The first kappa shape index (κ1) is 17.5. The van der Waals surface area contributed by atoms with Crippen LogP contribution in [0, 0.1) is 13.8 Å². The van der Waals surface area contributed by atoms with Crippen LogP contribution in [0.5, 0.6) is 0 Å². The first-order valence-electron chi connectivity index (χ1n) is 7.61. The largest absolute Gasteiger partial charge is 0.382 e. The number of aryl methyl sites for hydroxylation is 2. The zero-order chi connectivity index (χ0) is 15.7. The lowest BCUT2D eigenvalue weighted by Gasteiger charge is -2.12. The Morgan fingerprint density at radius 3 is 2.62 bits per heavy atom. The van der Waals surface area contributed by atoms with Crippen molar-refractivity contribution in [3.63, 3.8) is 0 Å². The summed E-state index contributed by atoms with van der Waals surface area (Å²) in [5.41, 5.74) is 3.48. The van der Waals surface area contributed by atoms with E-state index in [-0.39, 0.29) is 0 Å². The van der Waals surface area contributed by atoms with Crippen LogP contribution < -0.4 is 10.6 Å². The minimum absolute atomic E-state index is 0.740. The molecule has 0 saturated carbocycles. The molecule has 1 heterocycles. The molecule has 0 spiro atoms. The SMILES string of the molecule is CCOCCCCNC(=NC)NCc1c(C)nn(C)c1C. The number of aromatic nitrogens is 2. The first-order chi connectivity index (χ1) is 10.1. The fourth-order valence-electron chi connectivity index (χ4n) is 2.15. The van der Waals surface area contributed by atoms with Gasteiger partial charge >= 0.3 is 0 Å². The zero-order valence-electron chi connectivity index (χ0n) is 14.0. The second-order valence-corrected chi connectivity index (χ2v) is 5.03. The van der Waals surface area contributed by atoms with E-state index in [1.165, 1.54) is 11.3 Å². The third-order valence-corrected chi connectivity index (χ3v) is 3.53. The highest BCUT2D eigenvalue weighted by Gasteiger charge is 2.09. The Morgan fingerprint density at radius 1 is 1.29 bits per heavy atom. The molecule has 0 radical (unpaired) electrons. The highest BCUT2D eigenvalue weighted by Crippen LogP contribution is 2.10. The van der Waals surface area contributed by atoms with Crippen molar-refractivity contribution in [2.75, 3.05) is 26.8 Å². The summed E-state index contributed by atoms with van der Waals surface area (Å²) in [5.74, 6) is 0.828. The van der Waals surface area contributed by atoms with E-state index in [1.54, 1.807) is 7.05 Å². The third-order valence-electron chi connectivity index (χ3n) is 3.53. The number of hydrogen-bond acceptors (Lipinski definition) is 3. The van der Waals surface area contributed by atoms with Crippen molar-refractivity contribution in [3.8, 4) is 0 Å². The van der Waals surface area contributed by atoms with Crippen molar-refractivity contribution in [3.05, 3.63) is 17.0 Å². The van der Waals surface area contributed by atoms with Gasteiger partial charge in [0.05, 0.1) is 5.69 Å². The number of nitrogens with zero attached hydrogens (tertiary/aromatic N) is 3.